The van der Waals surface area contributed by atoms with Crippen molar-refractivity contribution < 1.29 is 0 Å². The van der Waals surface area contributed by atoms with Gasteiger partial charge in [0.2, 0.25) is 0 Å². The van der Waals surface area contributed by atoms with Crippen LogP contribution < -0.4 is 0 Å². The van der Waals surface area contributed by atoms with E-state index in [0.29, 0.717) is 0 Å². The van der Waals surface area contributed by atoms with Crippen LogP contribution in [0.25, 0.3) is 0 Å². The lowest BCUT2D eigenvalue weighted by Gasteiger charge is -1.85. The first-order valence-electron chi connectivity index (χ1n) is 3.50. The van der Waals surface area contributed by atoms with Crippen molar-refractivity contribution in [3.05, 3.63) is 0 Å². The molecule has 1 fully saturated rings. The first-order valence-corrected chi connectivity index (χ1v) is 3.50. The second kappa shape index (κ2) is 5.86. The molecular weight excluding hydrogens is 211 g/mol. The van der Waals surface area contributed by atoms with E-state index in [-0.39, 0.29) is 24.0 Å². The molecule has 1 rings (SSSR count). The van der Waals surface area contributed by atoms with Gasteiger partial charge in [-0.05, 0) is 0 Å². The Morgan fingerprint density at radius 1 is 0.375 bits per heavy atom. The molecule has 8 heavy (non-hydrogen) atoms. The number of rotatable bonds is 0. The Hall–Kier alpha value is 0.730. The maximum atomic E-state index is 1.50. The van der Waals surface area contributed by atoms with Gasteiger partial charge in [-0.25, -0.2) is 0 Å². The highest BCUT2D eigenvalue weighted by Gasteiger charge is 1.95. The molecule has 0 bridgehead atoms. The van der Waals surface area contributed by atoms with E-state index in [9.17, 15) is 0 Å². The molecular formula is C7H15I. The Kier molecular flexibility index (Phi) is 6.39. The zero-order valence-corrected chi connectivity index (χ0v) is 7.69. The van der Waals surface area contributed by atoms with E-state index in [1.54, 1.807) is 0 Å². The van der Waals surface area contributed by atoms with Crippen molar-refractivity contribution in [1.82, 2.24) is 0 Å². The fourth-order valence-corrected chi connectivity index (χ4v) is 1.24. The highest BCUT2D eigenvalue weighted by Crippen LogP contribution is 2.15. The van der Waals surface area contributed by atoms with E-state index < -0.39 is 0 Å². The largest absolute Gasteiger partial charge is 0.107 e. The van der Waals surface area contributed by atoms with Gasteiger partial charge < -0.3 is 0 Å². The van der Waals surface area contributed by atoms with Crippen LogP contribution in [0.5, 0.6) is 0 Å². The molecule has 0 aromatic rings. The van der Waals surface area contributed by atoms with Crippen molar-refractivity contribution in [2.45, 2.75) is 44.9 Å². The Labute approximate surface area is 69.1 Å². The molecule has 0 saturated heterocycles. The highest BCUT2D eigenvalue weighted by molar-refractivity contribution is 14.0. The van der Waals surface area contributed by atoms with Crippen molar-refractivity contribution in [1.29, 1.82) is 0 Å². The van der Waals surface area contributed by atoms with Crippen LogP contribution in [0.4, 0.5) is 0 Å². The molecule has 0 amide bonds. The fraction of sp³-hybridized carbons (Fsp3) is 1.00. The van der Waals surface area contributed by atoms with E-state index in [2.05, 4.69) is 0 Å². The van der Waals surface area contributed by atoms with Gasteiger partial charge in [-0.1, -0.05) is 44.9 Å². The van der Waals surface area contributed by atoms with Gasteiger partial charge >= 0.3 is 0 Å². The summed E-state index contributed by atoms with van der Waals surface area (Å²) in [5, 5.41) is 0. The first kappa shape index (κ1) is 8.73. The summed E-state index contributed by atoms with van der Waals surface area (Å²) < 4.78 is 0. The summed E-state index contributed by atoms with van der Waals surface area (Å²) in [6.07, 6.45) is 10.5. The maximum absolute atomic E-state index is 1.50. The van der Waals surface area contributed by atoms with Crippen LogP contribution in [0.2, 0.25) is 0 Å². The average molecular weight is 226 g/mol. The number of hydrogen-bond acceptors (Lipinski definition) is 0. The summed E-state index contributed by atoms with van der Waals surface area (Å²) in [6, 6.07) is 0. The third-order valence-corrected chi connectivity index (χ3v) is 1.75. The molecule has 0 spiro atoms. The summed E-state index contributed by atoms with van der Waals surface area (Å²) in [4.78, 5) is 0. The van der Waals surface area contributed by atoms with Crippen LogP contribution >= 0.6 is 24.0 Å². The summed E-state index contributed by atoms with van der Waals surface area (Å²) in [7, 11) is 0. The number of hydrogen-bond donors (Lipinski definition) is 0. The summed E-state index contributed by atoms with van der Waals surface area (Å²) >= 11 is 0. The molecule has 0 atom stereocenters. The molecule has 1 aliphatic rings. The highest BCUT2D eigenvalue weighted by atomic mass is 127. The standard InChI is InChI=1S/C7H14.HI/c1-2-4-6-7-5-3-1;/h1-7H2;1H. The van der Waals surface area contributed by atoms with Crippen molar-refractivity contribution in [3.63, 3.8) is 0 Å². The van der Waals surface area contributed by atoms with Crippen LogP contribution in [-0.2, 0) is 0 Å². The van der Waals surface area contributed by atoms with Crippen LogP contribution in [0.1, 0.15) is 44.9 Å². The van der Waals surface area contributed by atoms with Gasteiger partial charge in [0.25, 0.3) is 0 Å². The van der Waals surface area contributed by atoms with Gasteiger partial charge in [-0.3, -0.25) is 0 Å². The molecule has 0 aromatic heterocycles. The average Bonchev–Trinajstić information content (AvgIpc) is 1.90. The minimum atomic E-state index is 0. The van der Waals surface area contributed by atoms with Crippen molar-refractivity contribution >= 4 is 24.0 Å². The second-order valence-corrected chi connectivity index (χ2v) is 2.47. The third kappa shape index (κ3) is 3.70. The predicted molar refractivity (Wildman–Crippen MR) is 47.7 cm³/mol. The molecule has 1 saturated carbocycles. The Bertz CT molecular complexity index is 24.0. The van der Waals surface area contributed by atoms with E-state index in [4.69, 9.17) is 0 Å². The van der Waals surface area contributed by atoms with Gasteiger partial charge in [0.1, 0.15) is 0 Å². The molecule has 0 nitrogen and oxygen atoms in total. The van der Waals surface area contributed by atoms with Crippen LogP contribution in [-0.4, -0.2) is 0 Å². The monoisotopic (exact) mass is 226 g/mol. The minimum Gasteiger partial charge on any atom is -0.107 e. The third-order valence-electron chi connectivity index (χ3n) is 1.75. The van der Waals surface area contributed by atoms with Gasteiger partial charge in [-0.2, -0.15) is 0 Å². The second-order valence-electron chi connectivity index (χ2n) is 2.47. The smallest absolute Gasteiger partial charge is 0.0533 e. The molecule has 0 aromatic carbocycles. The van der Waals surface area contributed by atoms with Gasteiger partial charge in [0.05, 0.1) is 0 Å². The topological polar surface area (TPSA) is 0 Å². The van der Waals surface area contributed by atoms with Gasteiger partial charge in [0, 0.05) is 0 Å². The summed E-state index contributed by atoms with van der Waals surface area (Å²) in [5.41, 5.74) is 0. The van der Waals surface area contributed by atoms with Crippen molar-refractivity contribution in [2.75, 3.05) is 0 Å². The molecule has 0 radical (unpaired) electrons. The molecule has 0 unspecified atom stereocenters. The Balaban J connectivity index is 0.000000490. The van der Waals surface area contributed by atoms with E-state index in [0.717, 1.165) is 0 Å². The van der Waals surface area contributed by atoms with Crippen LogP contribution in [0.3, 0.4) is 0 Å². The quantitative estimate of drug-likeness (QED) is 0.439. The zero-order chi connectivity index (χ0) is 4.95. The SMILES string of the molecule is C1CCCCCC1.I. The van der Waals surface area contributed by atoms with Gasteiger partial charge in [-0.15, -0.1) is 24.0 Å². The van der Waals surface area contributed by atoms with Crippen molar-refractivity contribution in [2.24, 2.45) is 0 Å². The normalized spacial score (nSPS) is 21.0. The lowest BCUT2D eigenvalue weighted by atomic mass is 10.2. The molecule has 0 heterocycles. The fourth-order valence-electron chi connectivity index (χ4n) is 1.24. The Morgan fingerprint density at radius 2 is 0.500 bits per heavy atom. The van der Waals surface area contributed by atoms with E-state index in [1.807, 2.05) is 0 Å². The summed E-state index contributed by atoms with van der Waals surface area (Å²) in [5.74, 6) is 0. The molecule has 0 N–H and O–H groups in total. The lowest BCUT2D eigenvalue weighted by molar-refractivity contribution is 0.702. The van der Waals surface area contributed by atoms with Crippen LogP contribution in [0, 0.1) is 0 Å². The summed E-state index contributed by atoms with van der Waals surface area (Å²) in [6.45, 7) is 0. The van der Waals surface area contributed by atoms with Gasteiger partial charge in [0.15, 0.2) is 0 Å². The molecule has 1 aliphatic carbocycles. The molecule has 50 valence electrons. The first-order chi connectivity index (χ1) is 3.50. The van der Waals surface area contributed by atoms with E-state index in [1.165, 1.54) is 44.9 Å². The minimum absolute atomic E-state index is 0. The lowest BCUT2D eigenvalue weighted by Crippen LogP contribution is -1.66. The zero-order valence-electron chi connectivity index (χ0n) is 5.36. The number of halogens is 1. The molecule has 1 heteroatoms. The Morgan fingerprint density at radius 3 is 0.625 bits per heavy atom. The van der Waals surface area contributed by atoms with Crippen molar-refractivity contribution in [3.8, 4) is 0 Å². The van der Waals surface area contributed by atoms with Crippen LogP contribution in [0.15, 0.2) is 0 Å². The van der Waals surface area contributed by atoms with E-state index >= 15 is 0 Å². The molecule has 0 aliphatic heterocycles. The maximum Gasteiger partial charge on any atom is -0.0533 e. The predicted octanol–water partition coefficient (Wildman–Crippen LogP) is 3.35.